The average Bonchev–Trinajstić information content (AvgIpc) is 3.46. The fourth-order valence-electron chi connectivity index (χ4n) is 4.99. The van der Waals surface area contributed by atoms with Gasteiger partial charge in [0.05, 0.1) is 16.8 Å². The number of nitrogens with one attached hydrogen (secondary N) is 1. The summed E-state index contributed by atoms with van der Waals surface area (Å²) in [6, 6.07) is 24.1. The number of amides is 1. The Morgan fingerprint density at radius 2 is 1.89 bits per heavy atom. The second kappa shape index (κ2) is 8.50. The average molecular weight is 472 g/mol. The van der Waals surface area contributed by atoms with Gasteiger partial charge in [0.15, 0.2) is 0 Å². The number of aryl methyl sites for hydroxylation is 1. The third-order valence-corrected chi connectivity index (χ3v) is 6.80. The number of benzene rings is 3. The van der Waals surface area contributed by atoms with Crippen molar-refractivity contribution < 1.29 is 4.79 Å². The van der Waals surface area contributed by atoms with Crippen molar-refractivity contribution in [2.24, 2.45) is 0 Å². The van der Waals surface area contributed by atoms with E-state index < -0.39 is 0 Å². The Morgan fingerprint density at radius 1 is 1.06 bits per heavy atom. The van der Waals surface area contributed by atoms with Gasteiger partial charge in [-0.3, -0.25) is 14.9 Å². The highest BCUT2D eigenvalue weighted by Gasteiger charge is 2.32. The molecule has 0 fully saturated rings. The summed E-state index contributed by atoms with van der Waals surface area (Å²) in [4.78, 5) is 19.5. The molecule has 1 amide bonds. The van der Waals surface area contributed by atoms with Gasteiger partial charge in [-0.05, 0) is 65.1 Å². The molecule has 5 aromatic rings. The molecule has 0 spiro atoms. The van der Waals surface area contributed by atoms with Gasteiger partial charge in [-0.2, -0.15) is 5.10 Å². The Labute approximate surface area is 209 Å². The molecular weight excluding hydrogens is 446 g/mol. The molecule has 1 aliphatic heterocycles. The molecule has 36 heavy (non-hydrogen) atoms. The molecule has 0 atom stereocenters. The third-order valence-electron chi connectivity index (χ3n) is 6.80. The first kappa shape index (κ1) is 21.8. The highest BCUT2D eigenvalue weighted by molar-refractivity contribution is 6.06. The van der Waals surface area contributed by atoms with Crippen molar-refractivity contribution in [1.82, 2.24) is 20.1 Å². The molecule has 3 aromatic carbocycles. The molecule has 6 heteroatoms. The van der Waals surface area contributed by atoms with Crippen LogP contribution < -0.4 is 5.73 Å². The molecule has 2 aromatic heterocycles. The summed E-state index contributed by atoms with van der Waals surface area (Å²) < 4.78 is 0. The summed E-state index contributed by atoms with van der Waals surface area (Å²) >= 11 is 0. The summed E-state index contributed by atoms with van der Waals surface area (Å²) in [5, 5.41) is 8.73. The maximum atomic E-state index is 13.4. The number of hydrogen-bond donors (Lipinski definition) is 2. The van der Waals surface area contributed by atoms with Crippen molar-refractivity contribution in [2.45, 2.75) is 13.5 Å². The van der Waals surface area contributed by atoms with E-state index in [-0.39, 0.29) is 5.91 Å². The molecule has 0 bridgehead atoms. The zero-order valence-corrected chi connectivity index (χ0v) is 20.0. The number of fused-ring (bicyclic) bond motifs is 2. The SMILES string of the molecule is C=C(CN1Cc2c(-c3ccc4[nH]nc(-c5ccccc5)c4c3)ccc(N)c2C1=O)c1ccnc(C)c1. The summed E-state index contributed by atoms with van der Waals surface area (Å²) in [5.41, 5.74) is 16.1. The number of anilines is 1. The van der Waals surface area contributed by atoms with E-state index in [0.29, 0.717) is 24.3 Å². The highest BCUT2D eigenvalue weighted by Crippen LogP contribution is 2.38. The number of H-pyrrole nitrogens is 1. The summed E-state index contributed by atoms with van der Waals surface area (Å²) in [7, 11) is 0. The van der Waals surface area contributed by atoms with Gasteiger partial charge in [0, 0.05) is 41.6 Å². The lowest BCUT2D eigenvalue weighted by Gasteiger charge is -2.18. The smallest absolute Gasteiger partial charge is 0.256 e. The number of nitrogens with zero attached hydrogens (tertiary/aromatic N) is 3. The Bertz CT molecular complexity index is 1650. The van der Waals surface area contributed by atoms with Gasteiger partial charge in [0.25, 0.3) is 5.91 Å². The molecule has 6 rings (SSSR count). The van der Waals surface area contributed by atoms with Crippen LogP contribution in [0.5, 0.6) is 0 Å². The minimum atomic E-state index is -0.0642. The molecule has 176 valence electrons. The molecule has 0 saturated heterocycles. The van der Waals surface area contributed by atoms with Crippen molar-refractivity contribution in [3.05, 3.63) is 108 Å². The van der Waals surface area contributed by atoms with Crippen LogP contribution in [0.4, 0.5) is 5.69 Å². The quantitative estimate of drug-likeness (QED) is 0.315. The van der Waals surface area contributed by atoms with E-state index in [1.54, 1.807) is 6.20 Å². The van der Waals surface area contributed by atoms with Crippen LogP contribution in [-0.2, 0) is 6.54 Å². The zero-order chi connectivity index (χ0) is 24.8. The van der Waals surface area contributed by atoms with Crippen LogP contribution in [0.3, 0.4) is 0 Å². The van der Waals surface area contributed by atoms with Crippen molar-refractivity contribution in [3.8, 4) is 22.4 Å². The first-order chi connectivity index (χ1) is 17.5. The van der Waals surface area contributed by atoms with Gasteiger partial charge in [-0.1, -0.05) is 49.0 Å². The van der Waals surface area contributed by atoms with Gasteiger partial charge >= 0.3 is 0 Å². The predicted molar refractivity (Wildman–Crippen MR) is 144 cm³/mol. The number of nitrogens with two attached hydrogens (primary N) is 1. The minimum absolute atomic E-state index is 0.0642. The van der Waals surface area contributed by atoms with Crippen LogP contribution in [0, 0.1) is 6.92 Å². The van der Waals surface area contributed by atoms with Crippen LogP contribution in [-0.4, -0.2) is 32.5 Å². The van der Waals surface area contributed by atoms with E-state index >= 15 is 0 Å². The lowest BCUT2D eigenvalue weighted by Crippen LogP contribution is -2.26. The maximum absolute atomic E-state index is 13.4. The van der Waals surface area contributed by atoms with E-state index in [1.165, 1.54) is 0 Å². The first-order valence-corrected chi connectivity index (χ1v) is 11.8. The first-order valence-electron chi connectivity index (χ1n) is 11.8. The van der Waals surface area contributed by atoms with Gasteiger partial charge in [0.2, 0.25) is 0 Å². The Hall–Kier alpha value is -4.71. The van der Waals surface area contributed by atoms with Gasteiger partial charge in [-0.25, -0.2) is 0 Å². The third kappa shape index (κ3) is 3.64. The van der Waals surface area contributed by atoms with Crippen molar-refractivity contribution >= 4 is 28.1 Å². The van der Waals surface area contributed by atoms with Gasteiger partial charge < -0.3 is 10.6 Å². The number of pyridine rings is 1. The standard InChI is InChI=1S/C30H25N5O/c1-18(21-12-13-32-19(2)14-21)16-35-17-25-23(9-10-26(31)28(25)30(35)36)22-8-11-27-24(15-22)29(34-33-27)20-6-4-3-5-7-20/h3-15H,1,16-17,31H2,2H3,(H,33,34). The van der Waals surface area contributed by atoms with Gasteiger partial charge in [0.1, 0.15) is 0 Å². The van der Waals surface area contributed by atoms with E-state index in [2.05, 4.69) is 46.0 Å². The number of hydrogen-bond acceptors (Lipinski definition) is 4. The van der Waals surface area contributed by atoms with Crippen LogP contribution in [0.1, 0.15) is 27.2 Å². The molecule has 3 heterocycles. The van der Waals surface area contributed by atoms with Crippen LogP contribution in [0.15, 0.2) is 85.6 Å². The minimum Gasteiger partial charge on any atom is -0.398 e. The molecule has 0 unspecified atom stereocenters. The van der Waals surface area contributed by atoms with Crippen molar-refractivity contribution in [2.75, 3.05) is 12.3 Å². The summed E-state index contributed by atoms with van der Waals surface area (Å²) in [6.07, 6.45) is 1.77. The van der Waals surface area contributed by atoms with Crippen molar-refractivity contribution in [3.63, 3.8) is 0 Å². The largest absolute Gasteiger partial charge is 0.398 e. The fraction of sp³-hybridized carbons (Fsp3) is 0.100. The lowest BCUT2D eigenvalue weighted by atomic mass is 9.94. The number of rotatable bonds is 5. The molecule has 6 nitrogen and oxygen atoms in total. The van der Waals surface area contributed by atoms with Crippen LogP contribution in [0.2, 0.25) is 0 Å². The number of nitrogen functional groups attached to an aromatic ring is 1. The molecular formula is C30H25N5O. The second-order valence-corrected chi connectivity index (χ2v) is 9.21. The molecule has 1 aliphatic rings. The van der Waals surface area contributed by atoms with E-state index in [1.807, 2.05) is 60.4 Å². The molecule has 0 radical (unpaired) electrons. The van der Waals surface area contributed by atoms with E-state index in [4.69, 9.17) is 5.73 Å². The normalized spacial score (nSPS) is 12.8. The number of carbonyl (C=O) groups excluding carboxylic acids is 1. The second-order valence-electron chi connectivity index (χ2n) is 9.21. The molecule has 0 aliphatic carbocycles. The lowest BCUT2D eigenvalue weighted by molar-refractivity contribution is 0.0800. The molecule has 3 N–H and O–H groups in total. The van der Waals surface area contributed by atoms with E-state index in [9.17, 15) is 4.79 Å². The van der Waals surface area contributed by atoms with Crippen LogP contribution in [0.25, 0.3) is 38.9 Å². The number of carbonyl (C=O) groups is 1. The molecule has 0 saturated carbocycles. The summed E-state index contributed by atoms with van der Waals surface area (Å²) in [5.74, 6) is -0.0642. The number of aromatic nitrogens is 3. The fourth-order valence-corrected chi connectivity index (χ4v) is 4.99. The Kier molecular flexibility index (Phi) is 5.15. The predicted octanol–water partition coefficient (Wildman–Crippen LogP) is 5.85. The highest BCUT2D eigenvalue weighted by atomic mass is 16.2. The Balaban J connectivity index is 1.37. The van der Waals surface area contributed by atoms with Crippen LogP contribution >= 0.6 is 0 Å². The van der Waals surface area contributed by atoms with E-state index in [0.717, 1.165) is 55.7 Å². The maximum Gasteiger partial charge on any atom is 0.256 e. The van der Waals surface area contributed by atoms with Gasteiger partial charge in [-0.15, -0.1) is 0 Å². The zero-order valence-electron chi connectivity index (χ0n) is 20.0. The monoisotopic (exact) mass is 471 g/mol. The summed E-state index contributed by atoms with van der Waals surface area (Å²) in [6.45, 7) is 7.08. The van der Waals surface area contributed by atoms with Crippen molar-refractivity contribution in [1.29, 1.82) is 0 Å². The number of aromatic amines is 1. The Morgan fingerprint density at radius 3 is 2.69 bits per heavy atom. The topological polar surface area (TPSA) is 87.9 Å².